The molecule has 1 aromatic carbocycles. The molecule has 0 bridgehead atoms. The maximum Gasteiger partial charge on any atom is 0.140 e. The fourth-order valence-corrected chi connectivity index (χ4v) is 1.75. The average molecular weight is 187 g/mol. The highest BCUT2D eigenvalue weighted by Gasteiger charge is 2.18. The van der Waals surface area contributed by atoms with Gasteiger partial charge in [-0.3, -0.25) is 0 Å². The molecule has 0 saturated heterocycles. The van der Waals surface area contributed by atoms with Gasteiger partial charge in [-0.25, -0.2) is 0 Å². The van der Waals surface area contributed by atoms with Crippen LogP contribution in [0.25, 0.3) is 0 Å². The Morgan fingerprint density at radius 2 is 2.21 bits per heavy atom. The molecule has 1 aliphatic heterocycles. The maximum atomic E-state index is 8.98. The average Bonchev–Trinajstić information content (AvgIpc) is 2.63. The molecule has 1 aliphatic rings. The number of benzene rings is 1. The monoisotopic (exact) mass is 187 g/mol. The summed E-state index contributed by atoms with van der Waals surface area (Å²) in [6.07, 6.45) is 0.935. The van der Waals surface area contributed by atoms with Gasteiger partial charge in [0.25, 0.3) is 0 Å². The first-order chi connectivity index (χ1) is 6.72. The molecule has 2 heteroatoms. The normalized spacial score (nSPS) is 13.6. The summed E-state index contributed by atoms with van der Waals surface area (Å²) in [5, 5.41) is 8.98. The molecule has 0 N–H and O–H groups in total. The van der Waals surface area contributed by atoms with Crippen molar-refractivity contribution in [3.8, 4) is 11.8 Å². The number of fused-ring (bicyclic) bond motifs is 1. The summed E-state index contributed by atoms with van der Waals surface area (Å²) < 4.78 is 5.43. The Morgan fingerprint density at radius 1 is 1.43 bits per heavy atom. The molecule has 1 heterocycles. The fraction of sp³-hybridized carbons (Fsp3) is 0.417. The number of hydrogen-bond donors (Lipinski definition) is 0. The van der Waals surface area contributed by atoms with Crippen molar-refractivity contribution in [1.29, 1.82) is 5.26 Å². The van der Waals surface area contributed by atoms with Gasteiger partial charge in [0.15, 0.2) is 0 Å². The quantitative estimate of drug-likeness (QED) is 0.677. The van der Waals surface area contributed by atoms with Gasteiger partial charge in [-0.1, -0.05) is 19.9 Å². The second-order valence-corrected chi connectivity index (χ2v) is 3.92. The van der Waals surface area contributed by atoms with Gasteiger partial charge in [0, 0.05) is 6.42 Å². The molecule has 0 unspecified atom stereocenters. The van der Waals surface area contributed by atoms with Crippen molar-refractivity contribution < 1.29 is 4.74 Å². The first-order valence-corrected chi connectivity index (χ1v) is 4.92. The highest BCUT2D eigenvalue weighted by Crippen LogP contribution is 2.32. The van der Waals surface area contributed by atoms with Crippen LogP contribution in [-0.2, 0) is 6.42 Å². The van der Waals surface area contributed by atoms with Crippen molar-refractivity contribution in [2.45, 2.75) is 26.2 Å². The zero-order chi connectivity index (χ0) is 10.1. The van der Waals surface area contributed by atoms with Crippen LogP contribution in [0, 0.1) is 11.3 Å². The first-order valence-electron chi connectivity index (χ1n) is 4.92. The Morgan fingerprint density at radius 3 is 2.86 bits per heavy atom. The van der Waals surface area contributed by atoms with E-state index in [2.05, 4.69) is 26.0 Å². The van der Waals surface area contributed by atoms with Crippen molar-refractivity contribution in [3.05, 3.63) is 28.8 Å². The summed E-state index contributed by atoms with van der Waals surface area (Å²) in [6.45, 7) is 4.99. The minimum Gasteiger partial charge on any atom is -0.492 e. The SMILES string of the molecule is CC(C)c1cc(C#N)c2c(c1)CCO2. The first kappa shape index (κ1) is 9.08. The van der Waals surface area contributed by atoms with Crippen LogP contribution in [-0.4, -0.2) is 6.61 Å². The molecule has 0 amide bonds. The molecule has 1 aromatic rings. The van der Waals surface area contributed by atoms with Gasteiger partial charge in [0.05, 0.1) is 12.2 Å². The second-order valence-electron chi connectivity index (χ2n) is 3.92. The van der Waals surface area contributed by atoms with E-state index in [1.807, 2.05) is 6.07 Å². The molecule has 0 aromatic heterocycles. The number of ether oxygens (including phenoxy) is 1. The molecule has 0 radical (unpaired) electrons. The van der Waals surface area contributed by atoms with Crippen molar-refractivity contribution in [2.75, 3.05) is 6.61 Å². The minimum atomic E-state index is 0.466. The lowest BCUT2D eigenvalue weighted by molar-refractivity contribution is 0.356. The van der Waals surface area contributed by atoms with Crippen LogP contribution in [0.2, 0.25) is 0 Å². The molecule has 2 rings (SSSR count). The zero-order valence-corrected chi connectivity index (χ0v) is 8.50. The standard InChI is InChI=1S/C12H13NO/c1-8(2)10-5-9-3-4-14-12(9)11(6-10)7-13/h5-6,8H,3-4H2,1-2H3. The van der Waals surface area contributed by atoms with Crippen LogP contribution in [0.4, 0.5) is 0 Å². The van der Waals surface area contributed by atoms with Crippen LogP contribution in [0.5, 0.6) is 5.75 Å². The van der Waals surface area contributed by atoms with Crippen molar-refractivity contribution in [1.82, 2.24) is 0 Å². The number of nitrogens with zero attached hydrogens (tertiary/aromatic N) is 1. The molecule has 14 heavy (non-hydrogen) atoms. The van der Waals surface area contributed by atoms with E-state index in [0.29, 0.717) is 18.1 Å². The highest BCUT2D eigenvalue weighted by molar-refractivity contribution is 5.53. The molecule has 2 nitrogen and oxygen atoms in total. The van der Waals surface area contributed by atoms with E-state index in [1.165, 1.54) is 11.1 Å². The Balaban J connectivity index is 2.56. The van der Waals surface area contributed by atoms with Crippen molar-refractivity contribution >= 4 is 0 Å². The van der Waals surface area contributed by atoms with E-state index in [1.54, 1.807) is 0 Å². The molecule has 0 spiro atoms. The lowest BCUT2D eigenvalue weighted by Gasteiger charge is -2.08. The summed E-state index contributed by atoms with van der Waals surface area (Å²) in [5.74, 6) is 1.27. The number of rotatable bonds is 1. The predicted molar refractivity (Wildman–Crippen MR) is 54.4 cm³/mol. The van der Waals surface area contributed by atoms with E-state index in [-0.39, 0.29) is 0 Å². The lowest BCUT2D eigenvalue weighted by atomic mass is 9.97. The second kappa shape index (κ2) is 3.34. The van der Waals surface area contributed by atoms with Gasteiger partial charge < -0.3 is 4.74 Å². The van der Waals surface area contributed by atoms with Crippen LogP contribution < -0.4 is 4.74 Å². The third-order valence-corrected chi connectivity index (χ3v) is 2.59. The Hall–Kier alpha value is -1.49. The highest BCUT2D eigenvalue weighted by atomic mass is 16.5. The van der Waals surface area contributed by atoms with Gasteiger partial charge in [-0.2, -0.15) is 5.26 Å². The zero-order valence-electron chi connectivity index (χ0n) is 8.50. The molecular weight excluding hydrogens is 174 g/mol. The summed E-state index contributed by atoms with van der Waals surface area (Å²) in [4.78, 5) is 0. The Bertz CT molecular complexity index is 402. The van der Waals surface area contributed by atoms with Crippen molar-refractivity contribution in [2.24, 2.45) is 0 Å². The molecule has 0 atom stereocenters. The van der Waals surface area contributed by atoms with Crippen LogP contribution in [0.3, 0.4) is 0 Å². The van der Waals surface area contributed by atoms with Gasteiger partial charge in [0.2, 0.25) is 0 Å². The minimum absolute atomic E-state index is 0.466. The van der Waals surface area contributed by atoms with Crippen molar-refractivity contribution in [3.63, 3.8) is 0 Å². The van der Waals surface area contributed by atoms with E-state index in [0.717, 1.165) is 12.2 Å². The summed E-state index contributed by atoms with van der Waals surface area (Å²) in [6, 6.07) is 6.30. The van der Waals surface area contributed by atoms with Gasteiger partial charge in [-0.15, -0.1) is 0 Å². The molecule has 72 valence electrons. The van der Waals surface area contributed by atoms with Gasteiger partial charge in [0.1, 0.15) is 11.8 Å². The fourth-order valence-electron chi connectivity index (χ4n) is 1.75. The third kappa shape index (κ3) is 1.35. The molecule has 0 aliphatic carbocycles. The van der Waals surface area contributed by atoms with Crippen LogP contribution >= 0.6 is 0 Å². The smallest absolute Gasteiger partial charge is 0.140 e. The van der Waals surface area contributed by atoms with Gasteiger partial charge in [-0.05, 0) is 23.1 Å². The van der Waals surface area contributed by atoms with E-state index >= 15 is 0 Å². The maximum absolute atomic E-state index is 8.98. The lowest BCUT2D eigenvalue weighted by Crippen LogP contribution is -1.92. The van der Waals surface area contributed by atoms with Crippen LogP contribution in [0.15, 0.2) is 12.1 Å². The summed E-state index contributed by atoms with van der Waals surface area (Å²) in [5.41, 5.74) is 3.10. The van der Waals surface area contributed by atoms with E-state index < -0.39 is 0 Å². The molecule has 0 saturated carbocycles. The molecular formula is C12H13NO. The van der Waals surface area contributed by atoms with Crippen LogP contribution in [0.1, 0.15) is 36.5 Å². The molecule has 0 fully saturated rings. The Labute approximate surface area is 84.1 Å². The number of nitriles is 1. The topological polar surface area (TPSA) is 33.0 Å². The third-order valence-electron chi connectivity index (χ3n) is 2.59. The predicted octanol–water partition coefficient (Wildman–Crippen LogP) is 2.62. The summed E-state index contributed by atoms with van der Waals surface area (Å²) in [7, 11) is 0. The van der Waals surface area contributed by atoms with Gasteiger partial charge >= 0.3 is 0 Å². The Kier molecular flexibility index (Phi) is 2.17. The van der Waals surface area contributed by atoms with E-state index in [9.17, 15) is 0 Å². The van der Waals surface area contributed by atoms with E-state index in [4.69, 9.17) is 10.00 Å². The largest absolute Gasteiger partial charge is 0.492 e. The number of hydrogen-bond acceptors (Lipinski definition) is 2. The summed E-state index contributed by atoms with van der Waals surface area (Å²) >= 11 is 0.